The van der Waals surface area contributed by atoms with Crippen molar-refractivity contribution in [2.45, 2.75) is 52.0 Å². The molecule has 0 aromatic carbocycles. The first-order valence-electron chi connectivity index (χ1n) is 7.41. The molecule has 5 heteroatoms. The Hall–Kier alpha value is -1.23. The third-order valence-electron chi connectivity index (χ3n) is 3.75. The number of hydrogen-bond donors (Lipinski definition) is 1. The summed E-state index contributed by atoms with van der Waals surface area (Å²) in [6.45, 7) is 6.30. The number of aryl methyl sites for hydroxylation is 2. The van der Waals surface area contributed by atoms with Crippen LogP contribution in [0.25, 0.3) is 0 Å². The average Bonchev–Trinajstić information content (AvgIpc) is 2.47. The number of piperidine rings is 1. The molecular formula is C14H25N5. The number of likely N-dealkylation sites (N-methyl/N-ethyl adjacent to an activating group) is 1. The van der Waals surface area contributed by atoms with E-state index in [-0.39, 0.29) is 0 Å². The Morgan fingerprint density at radius 3 is 2.58 bits per heavy atom. The molecule has 1 unspecified atom stereocenters. The van der Waals surface area contributed by atoms with Crippen LogP contribution in [0, 0.1) is 0 Å². The average molecular weight is 263 g/mol. The summed E-state index contributed by atoms with van der Waals surface area (Å²) < 4.78 is 0. The molecule has 0 bridgehead atoms. The van der Waals surface area contributed by atoms with Gasteiger partial charge in [0.05, 0.1) is 11.4 Å². The highest BCUT2D eigenvalue weighted by Crippen LogP contribution is 2.13. The first kappa shape index (κ1) is 14.2. The summed E-state index contributed by atoms with van der Waals surface area (Å²) in [6.07, 6.45) is 5.67. The van der Waals surface area contributed by atoms with Gasteiger partial charge in [-0.25, -0.2) is 4.98 Å². The highest BCUT2D eigenvalue weighted by Gasteiger charge is 2.17. The van der Waals surface area contributed by atoms with Crippen molar-refractivity contribution in [3.63, 3.8) is 0 Å². The minimum absolute atomic E-state index is 0.554. The van der Waals surface area contributed by atoms with Gasteiger partial charge >= 0.3 is 0 Å². The van der Waals surface area contributed by atoms with E-state index in [0.29, 0.717) is 6.04 Å². The van der Waals surface area contributed by atoms with Gasteiger partial charge in [-0.3, -0.25) is 0 Å². The molecule has 1 saturated heterocycles. The molecule has 19 heavy (non-hydrogen) atoms. The second-order valence-electron chi connectivity index (χ2n) is 5.24. The number of anilines is 1. The molecule has 0 spiro atoms. The summed E-state index contributed by atoms with van der Waals surface area (Å²) in [5, 5.41) is 12.1. The van der Waals surface area contributed by atoms with E-state index < -0.39 is 0 Å². The number of nitrogens with zero attached hydrogens (tertiary/aromatic N) is 4. The maximum absolute atomic E-state index is 4.65. The molecule has 1 fully saturated rings. The summed E-state index contributed by atoms with van der Waals surface area (Å²) in [4.78, 5) is 6.77. The van der Waals surface area contributed by atoms with Gasteiger partial charge < -0.3 is 10.2 Å². The third-order valence-corrected chi connectivity index (χ3v) is 3.75. The summed E-state index contributed by atoms with van der Waals surface area (Å²) in [5.74, 6) is 0.751. The van der Waals surface area contributed by atoms with Crippen molar-refractivity contribution in [1.29, 1.82) is 0 Å². The highest BCUT2D eigenvalue weighted by atomic mass is 15.3. The second-order valence-corrected chi connectivity index (χ2v) is 5.24. The molecule has 0 radical (unpaired) electrons. The highest BCUT2D eigenvalue weighted by molar-refractivity contribution is 5.29. The fourth-order valence-electron chi connectivity index (χ4n) is 2.58. The molecule has 0 aliphatic carbocycles. The Morgan fingerprint density at radius 1 is 1.16 bits per heavy atom. The van der Waals surface area contributed by atoms with E-state index >= 15 is 0 Å². The van der Waals surface area contributed by atoms with E-state index in [1.54, 1.807) is 0 Å². The first-order valence-corrected chi connectivity index (χ1v) is 7.41. The van der Waals surface area contributed by atoms with E-state index in [9.17, 15) is 0 Å². The van der Waals surface area contributed by atoms with Crippen molar-refractivity contribution in [2.24, 2.45) is 0 Å². The van der Waals surface area contributed by atoms with Crippen LogP contribution in [0.15, 0.2) is 0 Å². The zero-order valence-electron chi connectivity index (χ0n) is 12.3. The smallest absolute Gasteiger partial charge is 0.245 e. The van der Waals surface area contributed by atoms with Crippen molar-refractivity contribution < 1.29 is 0 Å². The van der Waals surface area contributed by atoms with Crippen LogP contribution in [-0.2, 0) is 12.8 Å². The van der Waals surface area contributed by atoms with Crippen molar-refractivity contribution in [3.8, 4) is 0 Å². The number of hydrogen-bond acceptors (Lipinski definition) is 5. The van der Waals surface area contributed by atoms with Crippen LogP contribution in [-0.4, -0.2) is 41.4 Å². The van der Waals surface area contributed by atoms with Crippen LogP contribution in [0.3, 0.4) is 0 Å². The molecule has 0 amide bonds. The van der Waals surface area contributed by atoms with Crippen LogP contribution in [0.2, 0.25) is 0 Å². The molecule has 0 saturated carbocycles. The van der Waals surface area contributed by atoms with Gasteiger partial charge in [0.2, 0.25) is 5.95 Å². The van der Waals surface area contributed by atoms with Crippen molar-refractivity contribution in [3.05, 3.63) is 11.4 Å². The lowest BCUT2D eigenvalue weighted by Crippen LogP contribution is -2.43. The minimum Gasteiger partial charge on any atom is -0.341 e. The molecule has 1 aliphatic rings. The van der Waals surface area contributed by atoms with Crippen LogP contribution < -0.4 is 10.2 Å². The summed E-state index contributed by atoms with van der Waals surface area (Å²) in [5.41, 5.74) is 2.10. The number of rotatable bonds is 5. The maximum atomic E-state index is 4.65. The Kier molecular flexibility index (Phi) is 5.07. The van der Waals surface area contributed by atoms with Gasteiger partial charge in [-0.05, 0) is 32.2 Å². The predicted octanol–water partition coefficient (Wildman–Crippen LogP) is 1.57. The van der Waals surface area contributed by atoms with Gasteiger partial charge in [-0.15, -0.1) is 5.10 Å². The maximum Gasteiger partial charge on any atom is 0.245 e. The zero-order valence-corrected chi connectivity index (χ0v) is 12.3. The molecule has 5 nitrogen and oxygen atoms in total. The zero-order chi connectivity index (χ0) is 13.7. The standard InChI is InChI=1S/C14H25N5/c1-4-12-13(5-2)17-18-14(16-12)19(3)10-11-8-6-7-9-15-11/h11,15H,4-10H2,1-3H3. The van der Waals surface area contributed by atoms with Crippen LogP contribution in [0.5, 0.6) is 0 Å². The lowest BCUT2D eigenvalue weighted by atomic mass is 10.0. The Bertz CT molecular complexity index is 401. The normalized spacial score (nSPS) is 19.4. The number of aromatic nitrogens is 3. The molecule has 1 N–H and O–H groups in total. The molecule has 106 valence electrons. The molecule has 2 rings (SSSR count). The summed E-state index contributed by atoms with van der Waals surface area (Å²) in [6, 6.07) is 0.554. The summed E-state index contributed by atoms with van der Waals surface area (Å²) in [7, 11) is 2.05. The van der Waals surface area contributed by atoms with Gasteiger partial charge in [0.1, 0.15) is 0 Å². The van der Waals surface area contributed by atoms with Gasteiger partial charge in [0.25, 0.3) is 0 Å². The fraction of sp³-hybridized carbons (Fsp3) is 0.786. The topological polar surface area (TPSA) is 53.9 Å². The van der Waals surface area contributed by atoms with Gasteiger partial charge in [-0.1, -0.05) is 20.3 Å². The van der Waals surface area contributed by atoms with E-state index in [4.69, 9.17) is 0 Å². The molecule has 1 aliphatic heterocycles. The SMILES string of the molecule is CCc1nnc(N(C)CC2CCCCN2)nc1CC. The van der Waals surface area contributed by atoms with Crippen molar-refractivity contribution in [2.75, 3.05) is 25.0 Å². The lowest BCUT2D eigenvalue weighted by molar-refractivity contribution is 0.402. The Labute approximate surface area is 115 Å². The fourth-order valence-corrected chi connectivity index (χ4v) is 2.58. The number of nitrogens with one attached hydrogen (secondary N) is 1. The molecule has 1 atom stereocenters. The van der Waals surface area contributed by atoms with E-state index in [1.807, 2.05) is 0 Å². The van der Waals surface area contributed by atoms with Crippen LogP contribution in [0.1, 0.15) is 44.5 Å². The first-order chi connectivity index (χ1) is 9.24. The Balaban J connectivity index is 2.03. The Morgan fingerprint density at radius 2 is 1.95 bits per heavy atom. The predicted molar refractivity (Wildman–Crippen MR) is 77.5 cm³/mol. The lowest BCUT2D eigenvalue weighted by Gasteiger charge is -2.28. The monoisotopic (exact) mass is 263 g/mol. The van der Waals surface area contributed by atoms with Gasteiger partial charge in [0, 0.05) is 19.6 Å². The molecule has 2 heterocycles. The van der Waals surface area contributed by atoms with Gasteiger partial charge in [-0.2, -0.15) is 5.10 Å². The van der Waals surface area contributed by atoms with Crippen molar-refractivity contribution in [1.82, 2.24) is 20.5 Å². The third kappa shape index (κ3) is 3.62. The van der Waals surface area contributed by atoms with Crippen molar-refractivity contribution >= 4 is 5.95 Å². The second kappa shape index (κ2) is 6.80. The molecular weight excluding hydrogens is 238 g/mol. The summed E-state index contributed by atoms with van der Waals surface area (Å²) >= 11 is 0. The van der Waals surface area contributed by atoms with Crippen LogP contribution in [0.4, 0.5) is 5.95 Å². The van der Waals surface area contributed by atoms with E-state index in [0.717, 1.165) is 43.3 Å². The van der Waals surface area contributed by atoms with E-state index in [1.165, 1.54) is 19.3 Å². The molecule has 1 aromatic heterocycles. The minimum atomic E-state index is 0.554. The van der Waals surface area contributed by atoms with E-state index in [2.05, 4.69) is 46.3 Å². The largest absolute Gasteiger partial charge is 0.341 e. The van der Waals surface area contributed by atoms with Crippen LogP contribution >= 0.6 is 0 Å². The quantitative estimate of drug-likeness (QED) is 0.874. The molecule has 1 aromatic rings. The van der Waals surface area contributed by atoms with Gasteiger partial charge in [0.15, 0.2) is 0 Å².